The molecule has 3 nitrogen and oxygen atoms in total. The molecule has 1 heterocycles. The minimum absolute atomic E-state index is 0.494. The van der Waals surface area contributed by atoms with Crippen molar-refractivity contribution in [3.05, 3.63) is 29.6 Å². The van der Waals surface area contributed by atoms with Gasteiger partial charge in [-0.15, -0.1) is 0 Å². The summed E-state index contributed by atoms with van der Waals surface area (Å²) in [5.74, 6) is 0. The molecule has 0 saturated heterocycles. The van der Waals surface area contributed by atoms with Crippen LogP contribution in [0.3, 0.4) is 0 Å². The first-order chi connectivity index (χ1) is 8.69. The predicted molar refractivity (Wildman–Crippen MR) is 74.0 cm³/mol. The fourth-order valence-electron chi connectivity index (χ4n) is 1.97. The van der Waals surface area contributed by atoms with E-state index in [-0.39, 0.29) is 0 Å². The Morgan fingerprint density at radius 3 is 2.78 bits per heavy atom. The van der Waals surface area contributed by atoms with E-state index in [9.17, 15) is 0 Å². The molecular formula is C15H23N3. The van der Waals surface area contributed by atoms with Gasteiger partial charge in [0.15, 0.2) is 0 Å². The lowest BCUT2D eigenvalue weighted by molar-refractivity contribution is 0.208. The van der Waals surface area contributed by atoms with Crippen molar-refractivity contribution in [3.63, 3.8) is 0 Å². The molecule has 0 saturated carbocycles. The third-order valence-corrected chi connectivity index (χ3v) is 3.15. The first-order valence-corrected chi connectivity index (χ1v) is 6.77. The molecule has 18 heavy (non-hydrogen) atoms. The number of aromatic nitrogens is 1. The number of hydrogen-bond acceptors (Lipinski definition) is 3. The molecule has 1 aromatic rings. The van der Waals surface area contributed by atoms with Crippen LogP contribution in [0, 0.1) is 11.3 Å². The van der Waals surface area contributed by atoms with Crippen molar-refractivity contribution < 1.29 is 0 Å². The highest BCUT2D eigenvalue weighted by molar-refractivity contribution is 5.30. The molecule has 98 valence electrons. The zero-order valence-corrected chi connectivity index (χ0v) is 11.7. The summed E-state index contributed by atoms with van der Waals surface area (Å²) in [7, 11) is 0. The summed E-state index contributed by atoms with van der Waals surface area (Å²) in [6, 6.07) is 6.57. The molecular weight excluding hydrogens is 222 g/mol. The number of hydrogen-bond donors (Lipinski definition) is 0. The van der Waals surface area contributed by atoms with Crippen molar-refractivity contribution in [2.24, 2.45) is 0 Å². The van der Waals surface area contributed by atoms with E-state index < -0.39 is 0 Å². The van der Waals surface area contributed by atoms with Crippen LogP contribution in [0.1, 0.15) is 51.3 Å². The first kappa shape index (κ1) is 14.7. The molecule has 0 unspecified atom stereocenters. The Morgan fingerprint density at radius 2 is 2.17 bits per heavy atom. The Labute approximate surface area is 110 Å². The molecule has 3 heteroatoms. The lowest BCUT2D eigenvalue weighted by atomic mass is 10.1. The molecule has 0 aromatic carbocycles. The summed E-state index contributed by atoms with van der Waals surface area (Å²) in [5, 5.41) is 9.05. The highest BCUT2D eigenvalue weighted by Gasteiger charge is 2.12. The summed E-state index contributed by atoms with van der Waals surface area (Å²) in [5.41, 5.74) is 1.59. The maximum absolute atomic E-state index is 9.05. The zero-order valence-electron chi connectivity index (χ0n) is 11.7. The van der Waals surface area contributed by atoms with Crippen molar-refractivity contribution in [1.82, 2.24) is 9.88 Å². The van der Waals surface area contributed by atoms with E-state index >= 15 is 0 Å². The zero-order chi connectivity index (χ0) is 13.4. The van der Waals surface area contributed by atoms with E-state index in [1.807, 2.05) is 12.1 Å². The molecule has 0 aliphatic carbocycles. The molecule has 0 bridgehead atoms. The molecule has 0 atom stereocenters. The van der Waals surface area contributed by atoms with E-state index in [2.05, 4.69) is 36.7 Å². The van der Waals surface area contributed by atoms with Gasteiger partial charge in [-0.3, -0.25) is 4.90 Å². The average Bonchev–Trinajstić information content (AvgIpc) is 2.38. The van der Waals surface area contributed by atoms with Crippen molar-refractivity contribution in [1.29, 1.82) is 5.26 Å². The maximum Gasteiger partial charge on any atom is 0.144 e. The SMILES string of the molecule is CCCCCN(Cc1cccnc1C#N)C(C)C. The van der Waals surface area contributed by atoms with Gasteiger partial charge in [-0.05, 0) is 32.9 Å². The summed E-state index contributed by atoms with van der Waals surface area (Å²) >= 11 is 0. The third-order valence-electron chi connectivity index (χ3n) is 3.15. The summed E-state index contributed by atoms with van der Waals surface area (Å²) < 4.78 is 0. The minimum Gasteiger partial charge on any atom is -0.297 e. The maximum atomic E-state index is 9.05. The Balaban J connectivity index is 2.68. The largest absolute Gasteiger partial charge is 0.297 e. The van der Waals surface area contributed by atoms with Crippen LogP contribution in [-0.4, -0.2) is 22.5 Å². The molecule has 0 N–H and O–H groups in total. The quantitative estimate of drug-likeness (QED) is 0.692. The molecule has 0 radical (unpaired) electrons. The van der Waals surface area contributed by atoms with E-state index in [0.29, 0.717) is 11.7 Å². The van der Waals surface area contributed by atoms with Crippen LogP contribution in [0.15, 0.2) is 18.3 Å². The summed E-state index contributed by atoms with van der Waals surface area (Å²) in [4.78, 5) is 6.53. The Kier molecular flexibility index (Phi) is 6.38. The van der Waals surface area contributed by atoms with Gasteiger partial charge in [-0.25, -0.2) is 4.98 Å². The summed E-state index contributed by atoms with van der Waals surface area (Å²) in [6.07, 6.45) is 5.40. The van der Waals surface area contributed by atoms with Crippen LogP contribution in [0.25, 0.3) is 0 Å². The van der Waals surface area contributed by atoms with Gasteiger partial charge in [0.1, 0.15) is 11.8 Å². The van der Waals surface area contributed by atoms with Gasteiger partial charge in [0.2, 0.25) is 0 Å². The van der Waals surface area contributed by atoms with Crippen LogP contribution >= 0.6 is 0 Å². The molecule has 0 aliphatic heterocycles. The lowest BCUT2D eigenvalue weighted by Gasteiger charge is -2.26. The lowest BCUT2D eigenvalue weighted by Crippen LogP contribution is -2.31. The van der Waals surface area contributed by atoms with Crippen LogP contribution in [0.4, 0.5) is 0 Å². The Bertz CT molecular complexity index is 393. The number of rotatable bonds is 7. The van der Waals surface area contributed by atoms with Crippen molar-refractivity contribution >= 4 is 0 Å². The summed E-state index contributed by atoms with van der Waals surface area (Å²) in [6.45, 7) is 8.53. The van der Waals surface area contributed by atoms with Crippen LogP contribution in [0.5, 0.6) is 0 Å². The second-order valence-electron chi connectivity index (χ2n) is 4.89. The number of unbranched alkanes of at least 4 members (excludes halogenated alkanes) is 2. The average molecular weight is 245 g/mol. The second kappa shape index (κ2) is 7.84. The van der Waals surface area contributed by atoms with Gasteiger partial charge < -0.3 is 0 Å². The first-order valence-electron chi connectivity index (χ1n) is 6.77. The topological polar surface area (TPSA) is 39.9 Å². The van der Waals surface area contributed by atoms with Crippen LogP contribution in [-0.2, 0) is 6.54 Å². The Morgan fingerprint density at radius 1 is 1.39 bits per heavy atom. The fourth-order valence-corrected chi connectivity index (χ4v) is 1.97. The van der Waals surface area contributed by atoms with Crippen molar-refractivity contribution in [2.75, 3.05) is 6.54 Å². The van der Waals surface area contributed by atoms with Crippen LogP contribution in [0.2, 0.25) is 0 Å². The second-order valence-corrected chi connectivity index (χ2v) is 4.89. The van der Waals surface area contributed by atoms with Gasteiger partial charge >= 0.3 is 0 Å². The predicted octanol–water partition coefficient (Wildman–Crippen LogP) is 3.35. The van der Waals surface area contributed by atoms with Crippen molar-refractivity contribution in [3.8, 4) is 6.07 Å². The smallest absolute Gasteiger partial charge is 0.144 e. The van der Waals surface area contributed by atoms with E-state index in [1.54, 1.807) is 6.20 Å². The molecule has 0 fully saturated rings. The highest BCUT2D eigenvalue weighted by Crippen LogP contribution is 2.12. The van der Waals surface area contributed by atoms with E-state index in [4.69, 9.17) is 5.26 Å². The Hall–Kier alpha value is -1.40. The van der Waals surface area contributed by atoms with Crippen molar-refractivity contribution in [2.45, 2.75) is 52.6 Å². The van der Waals surface area contributed by atoms with Gasteiger partial charge in [-0.2, -0.15) is 5.26 Å². The van der Waals surface area contributed by atoms with Gasteiger partial charge in [0.05, 0.1) is 0 Å². The van der Waals surface area contributed by atoms with E-state index in [1.165, 1.54) is 19.3 Å². The van der Waals surface area contributed by atoms with Gasteiger partial charge in [-0.1, -0.05) is 25.8 Å². The normalized spacial score (nSPS) is 10.9. The molecule has 1 rings (SSSR count). The number of nitriles is 1. The molecule has 0 amide bonds. The third kappa shape index (κ3) is 4.46. The molecule has 0 aliphatic rings. The van der Waals surface area contributed by atoms with Gasteiger partial charge in [0.25, 0.3) is 0 Å². The standard InChI is InChI=1S/C15H23N3/c1-4-5-6-10-18(13(2)3)12-14-8-7-9-17-15(14)11-16/h7-9,13H,4-6,10,12H2,1-3H3. The molecule has 0 spiro atoms. The van der Waals surface area contributed by atoms with Gasteiger partial charge in [0, 0.05) is 24.3 Å². The number of pyridine rings is 1. The number of nitrogens with zero attached hydrogens (tertiary/aromatic N) is 3. The monoisotopic (exact) mass is 245 g/mol. The minimum atomic E-state index is 0.494. The van der Waals surface area contributed by atoms with Crippen LogP contribution < -0.4 is 0 Å². The van der Waals surface area contributed by atoms with E-state index in [0.717, 1.165) is 18.7 Å². The highest BCUT2D eigenvalue weighted by atomic mass is 15.1. The molecule has 1 aromatic heterocycles. The fraction of sp³-hybridized carbons (Fsp3) is 0.600.